The van der Waals surface area contributed by atoms with Crippen LogP contribution in [0.2, 0.25) is 0 Å². The van der Waals surface area contributed by atoms with E-state index in [0.717, 1.165) is 24.7 Å². The first-order valence-electron chi connectivity index (χ1n) is 11.2. The molecule has 14 heteroatoms. The van der Waals surface area contributed by atoms with Gasteiger partial charge in [0.2, 0.25) is 0 Å². The summed E-state index contributed by atoms with van der Waals surface area (Å²) < 4.78 is 52.6. The Kier molecular flexibility index (Phi) is 8.89. The van der Waals surface area contributed by atoms with Crippen molar-refractivity contribution in [3.05, 3.63) is 0 Å². The highest BCUT2D eigenvalue weighted by Crippen LogP contribution is 2.66. The Morgan fingerprint density at radius 3 is 1.94 bits per heavy atom. The number of ether oxygens (including phenoxy) is 1. The van der Waals surface area contributed by atoms with Crippen LogP contribution < -0.4 is 0 Å². The van der Waals surface area contributed by atoms with E-state index in [1.165, 1.54) is 38.5 Å². The van der Waals surface area contributed by atoms with Gasteiger partial charge >= 0.3 is 23.5 Å². The highest BCUT2D eigenvalue weighted by atomic mass is 31.3. The number of phosphoric acid groups is 3. The Bertz CT molecular complexity index is 772. The van der Waals surface area contributed by atoms with Crippen molar-refractivity contribution in [1.29, 1.82) is 0 Å². The molecule has 1 heterocycles. The van der Waals surface area contributed by atoms with Gasteiger partial charge in [0.1, 0.15) is 0 Å². The lowest BCUT2D eigenvalue weighted by molar-refractivity contribution is -0.0653. The van der Waals surface area contributed by atoms with E-state index in [2.05, 4.69) is 15.5 Å². The fourth-order valence-electron chi connectivity index (χ4n) is 5.43. The van der Waals surface area contributed by atoms with Crippen LogP contribution in [0.5, 0.6) is 0 Å². The number of hydrogen-bond donors (Lipinski definition) is 4. The Hall–Kier alpha value is 0.370. The molecule has 4 N–H and O–H groups in total. The molecule has 188 valence electrons. The minimum Gasteiger partial charge on any atom is -0.372 e. The van der Waals surface area contributed by atoms with Gasteiger partial charge in [-0.1, -0.05) is 52.4 Å². The van der Waals surface area contributed by atoms with Crippen molar-refractivity contribution in [1.82, 2.24) is 0 Å². The predicted octanol–water partition coefficient (Wildman–Crippen LogP) is 4.37. The molecule has 0 radical (unpaired) electrons. The van der Waals surface area contributed by atoms with Gasteiger partial charge in [0.05, 0.1) is 18.8 Å². The average molecular weight is 520 g/mol. The molecular formula is C18H35O11P3. The molecule has 4 unspecified atom stereocenters. The maximum absolute atomic E-state index is 12.0. The van der Waals surface area contributed by atoms with Crippen molar-refractivity contribution in [3.63, 3.8) is 0 Å². The van der Waals surface area contributed by atoms with E-state index < -0.39 is 29.6 Å². The van der Waals surface area contributed by atoms with E-state index >= 15 is 0 Å². The summed E-state index contributed by atoms with van der Waals surface area (Å²) in [5.74, 6) is 2.23. The quantitative estimate of drug-likeness (QED) is 0.252. The summed E-state index contributed by atoms with van der Waals surface area (Å²) in [6, 6.07) is 0. The number of hydrogen-bond acceptors (Lipinski definition) is 7. The van der Waals surface area contributed by atoms with Crippen LogP contribution in [-0.2, 0) is 31.6 Å². The Balaban J connectivity index is 1.48. The second-order valence-electron chi connectivity index (χ2n) is 9.49. The molecule has 32 heavy (non-hydrogen) atoms. The maximum Gasteiger partial charge on any atom is 0.490 e. The molecule has 0 aromatic heterocycles. The topological polar surface area (TPSA) is 169 Å². The smallest absolute Gasteiger partial charge is 0.372 e. The minimum atomic E-state index is -5.51. The molecule has 3 aliphatic rings. The number of phosphoric ester groups is 1. The summed E-state index contributed by atoms with van der Waals surface area (Å²) >= 11 is 0. The zero-order valence-electron chi connectivity index (χ0n) is 18.4. The summed E-state index contributed by atoms with van der Waals surface area (Å²) in [6.45, 7) is 3.67. The van der Waals surface area contributed by atoms with Gasteiger partial charge in [0.25, 0.3) is 0 Å². The molecule has 11 nitrogen and oxygen atoms in total. The predicted molar refractivity (Wildman–Crippen MR) is 114 cm³/mol. The first kappa shape index (κ1) is 27.0. The van der Waals surface area contributed by atoms with E-state index in [1.807, 2.05) is 6.92 Å². The Morgan fingerprint density at radius 2 is 1.38 bits per heavy atom. The van der Waals surface area contributed by atoms with Crippen LogP contribution in [0.4, 0.5) is 0 Å². The van der Waals surface area contributed by atoms with Crippen molar-refractivity contribution in [2.45, 2.75) is 77.4 Å². The van der Waals surface area contributed by atoms with Crippen LogP contribution in [0.15, 0.2) is 0 Å². The Labute approximate surface area is 188 Å². The minimum absolute atomic E-state index is 0.0153. The summed E-state index contributed by atoms with van der Waals surface area (Å²) in [4.78, 5) is 36.1. The van der Waals surface area contributed by atoms with E-state index in [4.69, 9.17) is 19.0 Å². The van der Waals surface area contributed by atoms with Gasteiger partial charge in [-0.3, -0.25) is 4.52 Å². The van der Waals surface area contributed by atoms with Gasteiger partial charge in [0.15, 0.2) is 0 Å². The van der Waals surface area contributed by atoms with Crippen LogP contribution in [0, 0.1) is 29.6 Å². The van der Waals surface area contributed by atoms with Crippen molar-refractivity contribution >= 4 is 23.5 Å². The standard InChI is InChI=1S/C18H35O11P3/c1-12-13(2)18(16-9-15(10-16)14-7-5-3-4-6-8-14)27-17(12)11-26-31(22,23)29-32(24,25)28-30(19,20)21/h12-18H,3-11H2,1-2H3,(H,22,23)(H,24,25)(H2,19,20,21)/t12?,13?,15?,16?,17-,18-/m1/s1. The third kappa shape index (κ3) is 7.43. The lowest BCUT2D eigenvalue weighted by atomic mass is 9.63. The van der Waals surface area contributed by atoms with Crippen LogP contribution in [0.1, 0.15) is 65.2 Å². The molecule has 0 amide bonds. The molecule has 0 spiro atoms. The van der Waals surface area contributed by atoms with Crippen molar-refractivity contribution in [2.75, 3.05) is 6.61 Å². The zero-order valence-corrected chi connectivity index (χ0v) is 21.1. The highest BCUT2D eigenvalue weighted by molar-refractivity contribution is 7.66. The lowest BCUT2D eigenvalue weighted by Crippen LogP contribution is -2.39. The molecule has 3 rings (SSSR count). The van der Waals surface area contributed by atoms with Gasteiger partial charge in [-0.25, -0.2) is 13.7 Å². The average Bonchev–Trinajstić information content (AvgIpc) is 2.77. The van der Waals surface area contributed by atoms with Crippen molar-refractivity contribution in [2.24, 2.45) is 29.6 Å². The largest absolute Gasteiger partial charge is 0.490 e. The third-order valence-corrected chi connectivity index (χ3v) is 11.1. The van der Waals surface area contributed by atoms with Gasteiger partial charge in [-0.2, -0.15) is 8.62 Å². The lowest BCUT2D eigenvalue weighted by Gasteiger charge is -2.44. The van der Waals surface area contributed by atoms with Crippen LogP contribution in [-0.4, -0.2) is 38.4 Å². The van der Waals surface area contributed by atoms with E-state index in [0.29, 0.717) is 5.92 Å². The van der Waals surface area contributed by atoms with Crippen LogP contribution in [0.3, 0.4) is 0 Å². The molecule has 6 atom stereocenters. The summed E-state index contributed by atoms with van der Waals surface area (Å²) in [5, 5.41) is 0. The summed E-state index contributed by atoms with van der Waals surface area (Å²) in [7, 11) is -16.1. The van der Waals surface area contributed by atoms with Crippen molar-refractivity contribution in [3.8, 4) is 0 Å². The second kappa shape index (κ2) is 10.5. The normalized spacial score (nSPS) is 38.4. The van der Waals surface area contributed by atoms with E-state index in [9.17, 15) is 23.5 Å². The van der Waals surface area contributed by atoms with Crippen LogP contribution >= 0.6 is 23.5 Å². The number of rotatable bonds is 9. The van der Waals surface area contributed by atoms with Gasteiger partial charge in [0, 0.05) is 0 Å². The first-order chi connectivity index (χ1) is 14.8. The van der Waals surface area contributed by atoms with Crippen LogP contribution in [0.25, 0.3) is 0 Å². The molecular weight excluding hydrogens is 485 g/mol. The van der Waals surface area contributed by atoms with E-state index in [1.54, 1.807) is 0 Å². The third-order valence-electron chi connectivity index (χ3n) is 7.33. The monoisotopic (exact) mass is 520 g/mol. The molecule has 3 fully saturated rings. The molecule has 2 saturated carbocycles. The zero-order chi connectivity index (χ0) is 23.7. The Morgan fingerprint density at radius 1 is 0.781 bits per heavy atom. The maximum atomic E-state index is 12.0. The molecule has 2 aliphatic carbocycles. The molecule has 0 bridgehead atoms. The fraction of sp³-hybridized carbons (Fsp3) is 1.00. The van der Waals surface area contributed by atoms with Crippen molar-refractivity contribution < 1.29 is 51.2 Å². The fourth-order valence-corrected chi connectivity index (χ4v) is 8.46. The summed E-state index contributed by atoms with van der Waals surface area (Å²) in [5.41, 5.74) is 0. The van der Waals surface area contributed by atoms with Gasteiger partial charge in [-0.05, 0) is 42.4 Å². The molecule has 0 aromatic carbocycles. The first-order valence-corrected chi connectivity index (χ1v) is 15.7. The van der Waals surface area contributed by atoms with E-state index in [-0.39, 0.29) is 24.5 Å². The molecule has 0 aromatic rings. The highest BCUT2D eigenvalue weighted by Gasteiger charge is 2.49. The SMILES string of the molecule is CC1C(C)[C@@H](COP(=O)(O)OP(=O)(O)OP(=O)(O)O)O[C@H]1C1CC(C2CCCCCC2)C1. The van der Waals surface area contributed by atoms with Gasteiger partial charge in [-0.15, -0.1) is 0 Å². The molecule has 1 aliphatic heterocycles. The van der Waals surface area contributed by atoms with Gasteiger partial charge < -0.3 is 24.3 Å². The molecule has 1 saturated heterocycles. The second-order valence-corrected chi connectivity index (χ2v) is 13.9. The summed E-state index contributed by atoms with van der Waals surface area (Å²) in [6.07, 6.45) is 9.72.